The smallest absolute Gasteiger partial charge is 0.325 e. The summed E-state index contributed by atoms with van der Waals surface area (Å²) in [5.41, 5.74) is 0.0136. The van der Waals surface area contributed by atoms with Crippen LogP contribution in [-0.2, 0) is 15.1 Å². The zero-order valence-electron chi connectivity index (χ0n) is 13.8. The maximum atomic E-state index is 12.8. The molecule has 1 heterocycles. The molecular formula is C18H15Br2N3O3. The lowest BCUT2D eigenvalue weighted by atomic mass is 9.92. The van der Waals surface area contributed by atoms with E-state index in [1.54, 1.807) is 49.4 Å². The van der Waals surface area contributed by atoms with Crippen LogP contribution in [0.4, 0.5) is 10.5 Å². The average Bonchev–Trinajstić information content (AvgIpc) is 2.81. The number of hydrogen-bond donors (Lipinski definition) is 2. The van der Waals surface area contributed by atoms with Gasteiger partial charge < -0.3 is 10.6 Å². The molecule has 8 heteroatoms. The number of amides is 4. The monoisotopic (exact) mass is 479 g/mol. The number of halogens is 2. The summed E-state index contributed by atoms with van der Waals surface area (Å²) in [6, 6.07) is 13.6. The van der Waals surface area contributed by atoms with E-state index in [0.717, 1.165) is 13.8 Å². The summed E-state index contributed by atoms with van der Waals surface area (Å²) in [7, 11) is 0. The summed E-state index contributed by atoms with van der Waals surface area (Å²) in [6.45, 7) is 1.27. The van der Waals surface area contributed by atoms with Crippen LogP contribution in [-0.4, -0.2) is 29.3 Å². The second kappa shape index (κ2) is 7.20. The van der Waals surface area contributed by atoms with Gasteiger partial charge in [-0.1, -0.05) is 44.0 Å². The fourth-order valence-corrected chi connectivity index (χ4v) is 3.38. The van der Waals surface area contributed by atoms with Crippen molar-refractivity contribution in [1.82, 2.24) is 10.2 Å². The molecule has 2 aromatic carbocycles. The highest BCUT2D eigenvalue weighted by atomic mass is 79.9. The third-order valence-corrected chi connectivity index (χ3v) is 5.13. The summed E-state index contributed by atoms with van der Waals surface area (Å²) in [5, 5.41) is 5.35. The highest BCUT2D eigenvalue weighted by molar-refractivity contribution is 9.10. The molecule has 1 saturated heterocycles. The van der Waals surface area contributed by atoms with E-state index in [9.17, 15) is 14.4 Å². The Morgan fingerprint density at radius 2 is 1.81 bits per heavy atom. The van der Waals surface area contributed by atoms with Gasteiger partial charge in [0.25, 0.3) is 5.91 Å². The molecule has 134 valence electrons. The molecule has 1 atom stereocenters. The Bertz CT molecular complexity index is 886. The topological polar surface area (TPSA) is 78.5 Å². The lowest BCUT2D eigenvalue weighted by molar-refractivity contribution is -0.133. The maximum absolute atomic E-state index is 12.8. The first-order valence-corrected chi connectivity index (χ1v) is 9.34. The number of nitrogens with one attached hydrogen (secondary N) is 2. The summed E-state index contributed by atoms with van der Waals surface area (Å²) in [4.78, 5) is 38.3. The SMILES string of the molecule is CC1(c2cccc(Br)c2)NC(=O)N(CC(=O)Nc2ccc(Br)cc2)C1=O. The van der Waals surface area contributed by atoms with E-state index in [1.807, 2.05) is 6.07 Å². The molecule has 2 aromatic rings. The fraction of sp³-hybridized carbons (Fsp3) is 0.167. The van der Waals surface area contributed by atoms with Gasteiger partial charge >= 0.3 is 6.03 Å². The Morgan fingerprint density at radius 1 is 1.12 bits per heavy atom. The Balaban J connectivity index is 1.74. The van der Waals surface area contributed by atoms with Crippen LogP contribution in [0.3, 0.4) is 0 Å². The second-order valence-electron chi connectivity index (χ2n) is 6.01. The number of nitrogens with zero attached hydrogens (tertiary/aromatic N) is 1. The second-order valence-corrected chi connectivity index (χ2v) is 7.84. The van der Waals surface area contributed by atoms with Gasteiger partial charge in [0, 0.05) is 14.6 Å². The highest BCUT2D eigenvalue weighted by Crippen LogP contribution is 2.30. The molecule has 1 aliphatic heterocycles. The van der Waals surface area contributed by atoms with Crippen LogP contribution in [0.2, 0.25) is 0 Å². The fourth-order valence-electron chi connectivity index (χ4n) is 2.71. The molecule has 2 N–H and O–H groups in total. The molecule has 0 saturated carbocycles. The normalized spacial score (nSPS) is 19.4. The van der Waals surface area contributed by atoms with E-state index in [0.29, 0.717) is 11.3 Å². The standard InChI is InChI=1S/C18H15Br2N3O3/c1-18(11-3-2-4-13(20)9-11)16(25)23(17(26)22-18)10-15(24)21-14-7-5-12(19)6-8-14/h2-9H,10H2,1H3,(H,21,24)(H,22,26). The van der Waals surface area contributed by atoms with Crippen molar-refractivity contribution < 1.29 is 14.4 Å². The van der Waals surface area contributed by atoms with Crippen LogP contribution in [0.25, 0.3) is 0 Å². The molecule has 0 aliphatic carbocycles. The zero-order chi connectivity index (χ0) is 18.9. The van der Waals surface area contributed by atoms with E-state index in [4.69, 9.17) is 0 Å². The summed E-state index contributed by atoms with van der Waals surface area (Å²) < 4.78 is 1.68. The van der Waals surface area contributed by atoms with Crippen molar-refractivity contribution in [3.63, 3.8) is 0 Å². The minimum atomic E-state index is -1.21. The van der Waals surface area contributed by atoms with E-state index >= 15 is 0 Å². The highest BCUT2D eigenvalue weighted by Gasteiger charge is 2.49. The lowest BCUT2D eigenvalue weighted by Gasteiger charge is -2.22. The van der Waals surface area contributed by atoms with Gasteiger partial charge in [0.2, 0.25) is 5.91 Å². The molecule has 26 heavy (non-hydrogen) atoms. The third-order valence-electron chi connectivity index (χ3n) is 4.11. The summed E-state index contributed by atoms with van der Waals surface area (Å²) >= 11 is 6.68. The summed E-state index contributed by atoms with van der Waals surface area (Å²) in [6.07, 6.45) is 0. The molecule has 1 fully saturated rings. The van der Waals surface area contributed by atoms with Crippen LogP contribution in [0.15, 0.2) is 57.5 Å². The Hall–Kier alpha value is -2.19. The van der Waals surface area contributed by atoms with E-state index in [2.05, 4.69) is 42.5 Å². The van der Waals surface area contributed by atoms with Crippen molar-refractivity contribution >= 4 is 55.4 Å². The van der Waals surface area contributed by atoms with Gasteiger partial charge in [-0.05, 0) is 48.9 Å². The first-order chi connectivity index (χ1) is 12.3. The Morgan fingerprint density at radius 3 is 2.46 bits per heavy atom. The van der Waals surface area contributed by atoms with Crippen molar-refractivity contribution in [1.29, 1.82) is 0 Å². The predicted molar refractivity (Wildman–Crippen MR) is 105 cm³/mol. The number of hydrogen-bond acceptors (Lipinski definition) is 3. The summed E-state index contributed by atoms with van der Waals surface area (Å²) in [5.74, 6) is -0.916. The van der Waals surface area contributed by atoms with Crippen molar-refractivity contribution in [3.8, 4) is 0 Å². The predicted octanol–water partition coefficient (Wildman–Crippen LogP) is 3.62. The first kappa shape index (κ1) is 18.6. The van der Waals surface area contributed by atoms with Gasteiger partial charge in [0.15, 0.2) is 0 Å². The molecule has 0 aromatic heterocycles. The van der Waals surface area contributed by atoms with Crippen LogP contribution >= 0.6 is 31.9 Å². The zero-order valence-corrected chi connectivity index (χ0v) is 16.9. The number of benzene rings is 2. The van der Waals surface area contributed by atoms with Crippen LogP contribution in [0, 0.1) is 0 Å². The molecule has 1 unspecified atom stereocenters. The largest absolute Gasteiger partial charge is 0.325 e. The lowest BCUT2D eigenvalue weighted by Crippen LogP contribution is -2.42. The minimum absolute atomic E-state index is 0.357. The van der Waals surface area contributed by atoms with Gasteiger partial charge in [-0.3, -0.25) is 14.5 Å². The molecule has 4 amide bonds. The maximum Gasteiger partial charge on any atom is 0.325 e. The van der Waals surface area contributed by atoms with E-state index in [1.165, 1.54) is 0 Å². The number of imide groups is 1. The quantitative estimate of drug-likeness (QED) is 0.656. The van der Waals surface area contributed by atoms with Gasteiger partial charge in [0.05, 0.1) is 0 Å². The number of carbonyl (C=O) groups excluding carboxylic acids is 3. The van der Waals surface area contributed by atoms with Gasteiger partial charge in [-0.25, -0.2) is 4.79 Å². The number of anilines is 1. The number of urea groups is 1. The Labute approximate surface area is 167 Å². The van der Waals surface area contributed by atoms with Crippen molar-refractivity contribution in [2.24, 2.45) is 0 Å². The van der Waals surface area contributed by atoms with Crippen LogP contribution < -0.4 is 10.6 Å². The molecular weight excluding hydrogens is 466 g/mol. The van der Waals surface area contributed by atoms with Crippen molar-refractivity contribution in [2.45, 2.75) is 12.5 Å². The first-order valence-electron chi connectivity index (χ1n) is 7.75. The molecule has 6 nitrogen and oxygen atoms in total. The van der Waals surface area contributed by atoms with Crippen molar-refractivity contribution in [3.05, 3.63) is 63.0 Å². The van der Waals surface area contributed by atoms with Crippen LogP contribution in [0.1, 0.15) is 12.5 Å². The Kier molecular flexibility index (Phi) is 5.15. The molecule has 0 bridgehead atoms. The number of carbonyl (C=O) groups is 3. The average molecular weight is 481 g/mol. The molecule has 1 aliphatic rings. The number of rotatable bonds is 4. The molecule has 0 radical (unpaired) electrons. The van der Waals surface area contributed by atoms with Gasteiger partial charge in [-0.15, -0.1) is 0 Å². The molecule has 0 spiro atoms. The van der Waals surface area contributed by atoms with Gasteiger partial charge in [-0.2, -0.15) is 0 Å². The van der Waals surface area contributed by atoms with Crippen molar-refractivity contribution in [2.75, 3.05) is 11.9 Å². The van der Waals surface area contributed by atoms with Gasteiger partial charge in [0.1, 0.15) is 12.1 Å². The molecule has 3 rings (SSSR count). The van der Waals surface area contributed by atoms with E-state index in [-0.39, 0.29) is 6.54 Å². The third kappa shape index (κ3) is 3.66. The van der Waals surface area contributed by atoms with Crippen LogP contribution in [0.5, 0.6) is 0 Å². The minimum Gasteiger partial charge on any atom is -0.325 e. The van der Waals surface area contributed by atoms with E-state index < -0.39 is 23.4 Å².